The third kappa shape index (κ3) is 3.94. The molecule has 0 bridgehead atoms. The fraction of sp³-hybridized carbons (Fsp3) is 0.571. The van der Waals surface area contributed by atoms with Crippen molar-refractivity contribution in [2.45, 2.75) is 32.6 Å². The zero-order chi connectivity index (χ0) is 14.8. The fourth-order valence-corrected chi connectivity index (χ4v) is 3.54. The topological polar surface area (TPSA) is 46.6 Å². The molecule has 5 heteroatoms. The zero-order valence-electron chi connectivity index (χ0n) is 12.5. The molecule has 0 fully saturated rings. The maximum absolute atomic E-state index is 12.6. The third-order valence-electron chi connectivity index (χ3n) is 2.70. The first-order chi connectivity index (χ1) is 8.58. The molecule has 1 rings (SSSR count). The Kier molecular flexibility index (Phi) is 4.63. The van der Waals surface area contributed by atoms with E-state index in [-0.39, 0.29) is 10.3 Å². The van der Waals surface area contributed by atoms with Gasteiger partial charge < -0.3 is 4.74 Å². The van der Waals surface area contributed by atoms with Gasteiger partial charge in [-0.3, -0.25) is 0 Å². The Hall–Kier alpha value is -1.07. The van der Waals surface area contributed by atoms with Crippen molar-refractivity contribution in [2.75, 3.05) is 20.7 Å². The van der Waals surface area contributed by atoms with Crippen molar-refractivity contribution in [1.82, 2.24) is 4.31 Å². The molecule has 0 aliphatic carbocycles. The van der Waals surface area contributed by atoms with Gasteiger partial charge in [0, 0.05) is 13.6 Å². The summed E-state index contributed by atoms with van der Waals surface area (Å²) in [5, 5.41) is 0. The Balaban J connectivity index is 3.23. The molecule has 0 saturated heterocycles. The second kappa shape index (κ2) is 5.51. The van der Waals surface area contributed by atoms with E-state index in [4.69, 9.17) is 4.74 Å². The van der Waals surface area contributed by atoms with E-state index in [0.29, 0.717) is 12.3 Å². The van der Waals surface area contributed by atoms with Crippen molar-refractivity contribution in [3.05, 3.63) is 23.8 Å². The molecule has 108 valence electrons. The fourth-order valence-electron chi connectivity index (χ4n) is 1.91. The van der Waals surface area contributed by atoms with E-state index < -0.39 is 10.0 Å². The molecular weight excluding hydrogens is 262 g/mol. The minimum atomic E-state index is -3.53. The minimum Gasteiger partial charge on any atom is -0.495 e. The highest BCUT2D eigenvalue weighted by Crippen LogP contribution is 2.28. The lowest BCUT2D eigenvalue weighted by Crippen LogP contribution is -2.34. The number of benzene rings is 1. The van der Waals surface area contributed by atoms with Gasteiger partial charge in [-0.1, -0.05) is 26.8 Å². The molecule has 0 spiro atoms. The Morgan fingerprint density at radius 3 is 2.32 bits per heavy atom. The summed E-state index contributed by atoms with van der Waals surface area (Å²) in [6, 6.07) is 5.17. The molecule has 0 atom stereocenters. The number of sulfonamides is 1. The number of rotatable bonds is 4. The van der Waals surface area contributed by atoms with Crippen molar-refractivity contribution >= 4 is 10.0 Å². The highest BCUT2D eigenvalue weighted by atomic mass is 32.2. The van der Waals surface area contributed by atoms with E-state index in [9.17, 15) is 8.42 Å². The van der Waals surface area contributed by atoms with E-state index >= 15 is 0 Å². The second-order valence-corrected chi connectivity index (χ2v) is 7.99. The summed E-state index contributed by atoms with van der Waals surface area (Å²) in [6.45, 7) is 8.33. The quantitative estimate of drug-likeness (QED) is 0.854. The van der Waals surface area contributed by atoms with Crippen LogP contribution in [0.3, 0.4) is 0 Å². The van der Waals surface area contributed by atoms with Crippen LogP contribution in [0.4, 0.5) is 0 Å². The molecule has 1 aromatic rings. The number of hydrogen-bond donors (Lipinski definition) is 0. The maximum atomic E-state index is 12.6. The van der Waals surface area contributed by atoms with Gasteiger partial charge in [0.2, 0.25) is 10.0 Å². The Morgan fingerprint density at radius 2 is 1.84 bits per heavy atom. The molecular formula is C14H23NO3S. The van der Waals surface area contributed by atoms with Crippen LogP contribution in [0.1, 0.15) is 26.3 Å². The first-order valence-corrected chi connectivity index (χ1v) is 7.63. The lowest BCUT2D eigenvalue weighted by atomic mass is 9.97. The zero-order valence-corrected chi connectivity index (χ0v) is 13.3. The summed E-state index contributed by atoms with van der Waals surface area (Å²) in [5.41, 5.74) is 0.794. The average Bonchev–Trinajstić information content (AvgIpc) is 2.26. The molecule has 0 aliphatic rings. The van der Waals surface area contributed by atoms with Crippen LogP contribution in [0, 0.1) is 12.3 Å². The van der Waals surface area contributed by atoms with Crippen molar-refractivity contribution < 1.29 is 13.2 Å². The number of aryl methyl sites for hydroxylation is 1. The van der Waals surface area contributed by atoms with Gasteiger partial charge in [0.1, 0.15) is 10.6 Å². The maximum Gasteiger partial charge on any atom is 0.246 e. The Morgan fingerprint density at radius 1 is 1.26 bits per heavy atom. The van der Waals surface area contributed by atoms with Crippen LogP contribution in [0.15, 0.2) is 23.1 Å². The van der Waals surface area contributed by atoms with Crippen LogP contribution in [0.2, 0.25) is 0 Å². The molecule has 19 heavy (non-hydrogen) atoms. The standard InChI is InChI=1S/C14H23NO3S/c1-11-7-8-12(18-6)13(9-11)19(16,17)15(5)10-14(2,3)4/h7-9H,10H2,1-6H3. The third-order valence-corrected chi connectivity index (χ3v) is 4.53. The SMILES string of the molecule is COc1ccc(C)cc1S(=O)(=O)N(C)CC(C)(C)C. The summed E-state index contributed by atoms with van der Waals surface area (Å²) in [5.74, 6) is 0.381. The van der Waals surface area contributed by atoms with Crippen LogP contribution in [-0.4, -0.2) is 33.4 Å². The van der Waals surface area contributed by atoms with E-state index in [1.807, 2.05) is 33.8 Å². The molecule has 0 amide bonds. The number of nitrogens with zero attached hydrogens (tertiary/aromatic N) is 1. The highest BCUT2D eigenvalue weighted by molar-refractivity contribution is 7.89. The second-order valence-electron chi connectivity index (χ2n) is 5.98. The van der Waals surface area contributed by atoms with Crippen molar-refractivity contribution in [3.8, 4) is 5.75 Å². The van der Waals surface area contributed by atoms with Gasteiger partial charge >= 0.3 is 0 Å². The summed E-state index contributed by atoms with van der Waals surface area (Å²) in [6.07, 6.45) is 0. The predicted molar refractivity (Wildman–Crippen MR) is 77.0 cm³/mol. The number of ether oxygens (including phenoxy) is 1. The van der Waals surface area contributed by atoms with Crippen LogP contribution >= 0.6 is 0 Å². The molecule has 0 heterocycles. The average molecular weight is 285 g/mol. The Bertz CT molecular complexity index is 544. The molecule has 0 N–H and O–H groups in total. The summed E-state index contributed by atoms with van der Waals surface area (Å²) < 4.78 is 31.7. The lowest BCUT2D eigenvalue weighted by molar-refractivity contribution is 0.309. The molecule has 0 unspecified atom stereocenters. The van der Waals surface area contributed by atoms with E-state index in [1.54, 1.807) is 19.2 Å². The van der Waals surface area contributed by atoms with E-state index in [2.05, 4.69) is 0 Å². The van der Waals surface area contributed by atoms with Crippen LogP contribution in [0.25, 0.3) is 0 Å². The molecule has 0 saturated carbocycles. The lowest BCUT2D eigenvalue weighted by Gasteiger charge is -2.26. The van der Waals surface area contributed by atoms with E-state index in [1.165, 1.54) is 11.4 Å². The van der Waals surface area contributed by atoms with Gasteiger partial charge in [-0.05, 0) is 30.0 Å². The smallest absolute Gasteiger partial charge is 0.246 e. The normalized spacial score (nSPS) is 12.8. The van der Waals surface area contributed by atoms with Crippen molar-refractivity contribution in [3.63, 3.8) is 0 Å². The van der Waals surface area contributed by atoms with Crippen LogP contribution in [-0.2, 0) is 10.0 Å². The molecule has 4 nitrogen and oxygen atoms in total. The van der Waals surface area contributed by atoms with Gasteiger partial charge in [0.05, 0.1) is 7.11 Å². The first kappa shape index (κ1) is 16.0. The number of hydrogen-bond acceptors (Lipinski definition) is 3. The van der Waals surface area contributed by atoms with Crippen molar-refractivity contribution in [1.29, 1.82) is 0 Å². The summed E-state index contributed by atoms with van der Waals surface area (Å²) in [4.78, 5) is 0.224. The Labute approximate surface area is 116 Å². The van der Waals surface area contributed by atoms with Crippen LogP contribution in [0.5, 0.6) is 5.75 Å². The van der Waals surface area contributed by atoms with Gasteiger partial charge in [0.25, 0.3) is 0 Å². The minimum absolute atomic E-state index is 0.0983. The predicted octanol–water partition coefficient (Wildman–Crippen LogP) is 2.67. The molecule has 0 aromatic heterocycles. The van der Waals surface area contributed by atoms with E-state index in [0.717, 1.165) is 5.56 Å². The summed E-state index contributed by atoms with van der Waals surface area (Å²) in [7, 11) is -0.450. The van der Waals surface area contributed by atoms with Gasteiger partial charge in [0.15, 0.2) is 0 Å². The highest BCUT2D eigenvalue weighted by Gasteiger charge is 2.28. The molecule has 1 aromatic carbocycles. The van der Waals surface area contributed by atoms with Crippen molar-refractivity contribution in [2.24, 2.45) is 5.41 Å². The van der Waals surface area contributed by atoms with Gasteiger partial charge in [-0.2, -0.15) is 0 Å². The monoisotopic (exact) mass is 285 g/mol. The van der Waals surface area contributed by atoms with Crippen LogP contribution < -0.4 is 4.74 Å². The molecule has 0 radical (unpaired) electrons. The van der Waals surface area contributed by atoms with Gasteiger partial charge in [-0.25, -0.2) is 12.7 Å². The van der Waals surface area contributed by atoms with Gasteiger partial charge in [-0.15, -0.1) is 0 Å². The number of methoxy groups -OCH3 is 1. The largest absolute Gasteiger partial charge is 0.495 e. The molecule has 0 aliphatic heterocycles. The first-order valence-electron chi connectivity index (χ1n) is 6.19. The summed E-state index contributed by atoms with van der Waals surface area (Å²) >= 11 is 0.